The van der Waals surface area contributed by atoms with E-state index in [4.69, 9.17) is 8.83 Å². The SMILES string of the molecule is Cc1cc(-c2nnc(CN[C@H](C)[C@H](C)c3ccccc3)o2)c(C)o1. The van der Waals surface area contributed by atoms with Crippen LogP contribution in [0.2, 0.25) is 0 Å². The molecule has 0 bridgehead atoms. The number of aromatic nitrogens is 2. The molecule has 2 heterocycles. The highest BCUT2D eigenvalue weighted by Crippen LogP contribution is 2.25. The van der Waals surface area contributed by atoms with Crippen molar-refractivity contribution in [3.8, 4) is 11.5 Å². The molecule has 1 N–H and O–H groups in total. The van der Waals surface area contributed by atoms with E-state index < -0.39 is 0 Å². The highest BCUT2D eigenvalue weighted by atomic mass is 16.4. The largest absolute Gasteiger partial charge is 0.466 e. The molecule has 0 saturated carbocycles. The second-order valence-corrected chi connectivity index (χ2v) is 6.20. The Morgan fingerprint density at radius 1 is 1.04 bits per heavy atom. The highest BCUT2D eigenvalue weighted by molar-refractivity contribution is 5.55. The number of hydrogen-bond acceptors (Lipinski definition) is 5. The number of nitrogens with zero attached hydrogens (tertiary/aromatic N) is 2. The molecule has 3 rings (SSSR count). The summed E-state index contributed by atoms with van der Waals surface area (Å²) >= 11 is 0. The van der Waals surface area contributed by atoms with Crippen molar-refractivity contribution in [2.24, 2.45) is 0 Å². The number of aryl methyl sites for hydroxylation is 2. The van der Waals surface area contributed by atoms with E-state index in [1.165, 1.54) is 5.56 Å². The monoisotopic (exact) mass is 325 g/mol. The molecule has 0 saturated heterocycles. The zero-order valence-electron chi connectivity index (χ0n) is 14.5. The molecule has 126 valence electrons. The molecule has 0 aliphatic heterocycles. The van der Waals surface area contributed by atoms with E-state index in [1.807, 2.05) is 26.0 Å². The molecule has 0 unspecified atom stereocenters. The van der Waals surface area contributed by atoms with Crippen LogP contribution in [0.15, 0.2) is 45.2 Å². The Hall–Kier alpha value is -2.40. The minimum atomic E-state index is 0.292. The Balaban J connectivity index is 1.62. The van der Waals surface area contributed by atoms with Crippen LogP contribution in [0.25, 0.3) is 11.5 Å². The predicted molar refractivity (Wildman–Crippen MR) is 92.6 cm³/mol. The third-order valence-electron chi connectivity index (χ3n) is 4.39. The van der Waals surface area contributed by atoms with Crippen LogP contribution in [-0.4, -0.2) is 16.2 Å². The Labute approximate surface area is 142 Å². The quantitative estimate of drug-likeness (QED) is 0.735. The maximum absolute atomic E-state index is 5.75. The summed E-state index contributed by atoms with van der Waals surface area (Å²) in [5.41, 5.74) is 2.17. The maximum Gasteiger partial charge on any atom is 0.251 e. The van der Waals surface area contributed by atoms with Crippen molar-refractivity contribution in [3.05, 3.63) is 59.4 Å². The first kappa shape index (κ1) is 16.5. The fraction of sp³-hybridized carbons (Fsp3) is 0.368. The van der Waals surface area contributed by atoms with Crippen LogP contribution in [0.1, 0.15) is 42.7 Å². The first-order valence-corrected chi connectivity index (χ1v) is 8.22. The summed E-state index contributed by atoms with van der Waals surface area (Å²) in [6.07, 6.45) is 0. The normalized spacial score (nSPS) is 13.8. The zero-order valence-corrected chi connectivity index (χ0v) is 14.5. The number of furan rings is 1. The summed E-state index contributed by atoms with van der Waals surface area (Å²) in [4.78, 5) is 0. The van der Waals surface area contributed by atoms with Gasteiger partial charge in [-0.3, -0.25) is 0 Å². The molecule has 0 spiro atoms. The molecule has 2 atom stereocenters. The summed E-state index contributed by atoms with van der Waals surface area (Å²) < 4.78 is 11.3. The molecule has 0 amide bonds. The molecular formula is C19H23N3O2. The van der Waals surface area contributed by atoms with Gasteiger partial charge in [0.1, 0.15) is 11.5 Å². The lowest BCUT2D eigenvalue weighted by Gasteiger charge is -2.21. The van der Waals surface area contributed by atoms with Gasteiger partial charge in [-0.05, 0) is 38.3 Å². The fourth-order valence-corrected chi connectivity index (χ4v) is 2.75. The smallest absolute Gasteiger partial charge is 0.251 e. The van der Waals surface area contributed by atoms with E-state index in [0.29, 0.717) is 30.3 Å². The van der Waals surface area contributed by atoms with E-state index >= 15 is 0 Å². The van der Waals surface area contributed by atoms with Crippen LogP contribution < -0.4 is 5.32 Å². The first-order chi connectivity index (χ1) is 11.5. The van der Waals surface area contributed by atoms with Gasteiger partial charge >= 0.3 is 0 Å². The molecule has 0 aliphatic carbocycles. The summed E-state index contributed by atoms with van der Waals surface area (Å²) in [6, 6.07) is 12.7. The van der Waals surface area contributed by atoms with Crippen molar-refractivity contribution in [2.75, 3.05) is 0 Å². The molecule has 0 fully saturated rings. The van der Waals surface area contributed by atoms with Crippen molar-refractivity contribution in [3.63, 3.8) is 0 Å². The van der Waals surface area contributed by atoms with E-state index in [1.54, 1.807) is 0 Å². The van der Waals surface area contributed by atoms with Gasteiger partial charge in [0.25, 0.3) is 5.89 Å². The Bertz CT molecular complexity index is 792. The lowest BCUT2D eigenvalue weighted by molar-refractivity contribution is 0.422. The van der Waals surface area contributed by atoms with Crippen molar-refractivity contribution in [2.45, 2.75) is 46.2 Å². The third kappa shape index (κ3) is 3.57. The average molecular weight is 325 g/mol. The van der Waals surface area contributed by atoms with E-state index in [9.17, 15) is 0 Å². The van der Waals surface area contributed by atoms with Gasteiger partial charge in [0.05, 0.1) is 12.1 Å². The first-order valence-electron chi connectivity index (χ1n) is 8.22. The molecule has 2 aromatic heterocycles. The van der Waals surface area contributed by atoms with Crippen LogP contribution in [0.3, 0.4) is 0 Å². The van der Waals surface area contributed by atoms with Gasteiger partial charge in [-0.1, -0.05) is 37.3 Å². The van der Waals surface area contributed by atoms with E-state index in [0.717, 1.165) is 17.1 Å². The Kier molecular flexibility index (Phi) is 4.81. The van der Waals surface area contributed by atoms with E-state index in [2.05, 4.69) is 53.6 Å². The van der Waals surface area contributed by atoms with Crippen LogP contribution in [0.5, 0.6) is 0 Å². The molecule has 5 nitrogen and oxygen atoms in total. The lowest BCUT2D eigenvalue weighted by Crippen LogP contribution is -2.30. The predicted octanol–water partition coefficient (Wildman–Crippen LogP) is 4.23. The van der Waals surface area contributed by atoms with E-state index in [-0.39, 0.29) is 0 Å². The van der Waals surface area contributed by atoms with Gasteiger partial charge in [0.2, 0.25) is 5.89 Å². The summed E-state index contributed by atoms with van der Waals surface area (Å²) in [5.74, 6) is 3.11. The van der Waals surface area contributed by atoms with Gasteiger partial charge in [-0.25, -0.2) is 0 Å². The van der Waals surface area contributed by atoms with Gasteiger partial charge in [-0.2, -0.15) is 0 Å². The summed E-state index contributed by atoms with van der Waals surface area (Å²) in [6.45, 7) is 8.72. The molecule has 1 aromatic carbocycles. The highest BCUT2D eigenvalue weighted by Gasteiger charge is 2.17. The number of nitrogens with one attached hydrogen (secondary N) is 1. The molecule has 0 radical (unpaired) electrons. The van der Waals surface area contributed by atoms with Gasteiger partial charge in [0.15, 0.2) is 0 Å². The number of benzene rings is 1. The minimum absolute atomic E-state index is 0.292. The Morgan fingerprint density at radius 3 is 2.46 bits per heavy atom. The molecule has 5 heteroatoms. The standard InChI is InChI=1S/C19H23N3O2/c1-12-10-17(15(4)23-12)19-22-21-18(24-19)11-20-14(3)13(2)16-8-6-5-7-9-16/h5-10,13-14,20H,11H2,1-4H3/t13-,14+/m0/s1. The van der Waals surface area contributed by atoms with Crippen LogP contribution in [0.4, 0.5) is 0 Å². The fourth-order valence-electron chi connectivity index (χ4n) is 2.75. The molecule has 3 aromatic rings. The molecule has 0 aliphatic rings. The zero-order chi connectivity index (χ0) is 17.1. The molecular weight excluding hydrogens is 302 g/mol. The second-order valence-electron chi connectivity index (χ2n) is 6.20. The topological polar surface area (TPSA) is 64.1 Å². The van der Waals surface area contributed by atoms with Crippen molar-refractivity contribution < 1.29 is 8.83 Å². The molecule has 24 heavy (non-hydrogen) atoms. The maximum atomic E-state index is 5.75. The number of hydrogen-bond donors (Lipinski definition) is 1. The van der Waals surface area contributed by atoms with Crippen LogP contribution in [0, 0.1) is 13.8 Å². The lowest BCUT2D eigenvalue weighted by atomic mass is 9.94. The summed E-state index contributed by atoms with van der Waals surface area (Å²) in [7, 11) is 0. The van der Waals surface area contributed by atoms with Crippen molar-refractivity contribution in [1.82, 2.24) is 15.5 Å². The third-order valence-corrected chi connectivity index (χ3v) is 4.39. The van der Waals surface area contributed by atoms with Gasteiger partial charge in [-0.15, -0.1) is 10.2 Å². The van der Waals surface area contributed by atoms with Crippen LogP contribution in [-0.2, 0) is 6.54 Å². The Morgan fingerprint density at radius 2 is 1.79 bits per heavy atom. The van der Waals surface area contributed by atoms with Crippen LogP contribution >= 0.6 is 0 Å². The summed E-state index contributed by atoms with van der Waals surface area (Å²) in [5, 5.41) is 11.7. The van der Waals surface area contributed by atoms with Crippen molar-refractivity contribution in [1.29, 1.82) is 0 Å². The minimum Gasteiger partial charge on any atom is -0.466 e. The van der Waals surface area contributed by atoms with Gasteiger partial charge < -0.3 is 14.2 Å². The second kappa shape index (κ2) is 7.01. The number of rotatable bonds is 6. The van der Waals surface area contributed by atoms with Gasteiger partial charge in [0, 0.05) is 6.04 Å². The van der Waals surface area contributed by atoms with Crippen molar-refractivity contribution >= 4 is 0 Å². The average Bonchev–Trinajstić information content (AvgIpc) is 3.18.